The third-order valence-electron chi connectivity index (χ3n) is 11.5. The highest BCUT2D eigenvalue weighted by atomic mass is 15.0. The normalized spacial score (nSPS) is 14.1. The van der Waals surface area contributed by atoms with Gasteiger partial charge in [0.25, 0.3) is 0 Å². The fourth-order valence-corrected chi connectivity index (χ4v) is 9.00. The van der Waals surface area contributed by atoms with Crippen LogP contribution in [-0.4, -0.2) is 15.0 Å². The molecule has 0 radical (unpaired) electrons. The first-order chi connectivity index (χ1) is 26.7. The van der Waals surface area contributed by atoms with E-state index in [2.05, 4.69) is 115 Å². The molecule has 54 heavy (non-hydrogen) atoms. The second kappa shape index (κ2) is 13.5. The van der Waals surface area contributed by atoms with Gasteiger partial charge in [0.2, 0.25) is 0 Å². The summed E-state index contributed by atoms with van der Waals surface area (Å²) in [5, 5.41) is 0. The van der Waals surface area contributed by atoms with Gasteiger partial charge >= 0.3 is 0 Å². The number of aromatic nitrogens is 3. The van der Waals surface area contributed by atoms with Crippen LogP contribution in [0.3, 0.4) is 0 Å². The van der Waals surface area contributed by atoms with Crippen LogP contribution in [0, 0.1) is 0 Å². The van der Waals surface area contributed by atoms with Crippen LogP contribution in [0.15, 0.2) is 176 Å². The minimum Gasteiger partial charge on any atom is -0.208 e. The van der Waals surface area contributed by atoms with E-state index >= 15 is 0 Å². The highest BCUT2D eigenvalue weighted by Crippen LogP contribution is 2.58. The van der Waals surface area contributed by atoms with Crippen LogP contribution < -0.4 is 0 Å². The van der Waals surface area contributed by atoms with Crippen molar-refractivity contribution in [3.8, 4) is 78.7 Å². The maximum Gasteiger partial charge on any atom is 0.164 e. The van der Waals surface area contributed by atoms with Crippen molar-refractivity contribution in [2.45, 2.75) is 37.5 Å². The van der Waals surface area contributed by atoms with Crippen LogP contribution in [0.1, 0.15) is 43.2 Å². The molecule has 0 aliphatic heterocycles. The van der Waals surface area contributed by atoms with Crippen molar-refractivity contribution in [2.24, 2.45) is 0 Å². The summed E-state index contributed by atoms with van der Waals surface area (Å²) < 4.78 is 0. The minimum absolute atomic E-state index is 0.101. The molecule has 0 atom stereocenters. The third kappa shape index (κ3) is 5.64. The first-order valence-electron chi connectivity index (χ1n) is 19.2. The standard InChI is InChI=1S/C51H39N3/c1-4-16-35(17-5-1)48-52-49(36-18-6-2-7-19-36)54-50(53-48)42-25-14-23-40(34-42)38-21-12-20-37(32-38)39-22-13-24-41(33-39)43-27-15-28-45-44-26-8-9-29-46(44)51(47(43)45)30-10-3-11-31-51/h1-2,4-9,12-29,32-34H,3,10-11,30-31H2. The molecule has 1 heterocycles. The zero-order chi connectivity index (χ0) is 35.9. The average Bonchev–Trinajstić information content (AvgIpc) is 3.53. The quantitative estimate of drug-likeness (QED) is 0.174. The fourth-order valence-electron chi connectivity index (χ4n) is 9.00. The van der Waals surface area contributed by atoms with Crippen LogP contribution in [0.5, 0.6) is 0 Å². The second-order valence-corrected chi connectivity index (χ2v) is 14.7. The predicted octanol–water partition coefficient (Wildman–Crippen LogP) is 13.1. The topological polar surface area (TPSA) is 38.7 Å². The largest absolute Gasteiger partial charge is 0.208 e. The molecule has 0 saturated heterocycles. The summed E-state index contributed by atoms with van der Waals surface area (Å²) in [5.41, 5.74) is 16.2. The Hall–Kier alpha value is -6.45. The zero-order valence-corrected chi connectivity index (χ0v) is 30.1. The Morgan fingerprint density at radius 3 is 1.33 bits per heavy atom. The smallest absolute Gasteiger partial charge is 0.164 e. The first kappa shape index (κ1) is 32.2. The summed E-state index contributed by atoms with van der Waals surface area (Å²) in [4.78, 5) is 14.9. The van der Waals surface area contributed by atoms with Gasteiger partial charge in [0.05, 0.1) is 0 Å². The number of hydrogen-bond donors (Lipinski definition) is 0. The van der Waals surface area contributed by atoms with Gasteiger partial charge in [-0.05, 0) is 86.7 Å². The maximum absolute atomic E-state index is 4.99. The molecule has 258 valence electrons. The number of nitrogens with zero attached hydrogens (tertiary/aromatic N) is 3. The Bertz CT molecular complexity index is 2580. The van der Waals surface area contributed by atoms with Crippen LogP contribution >= 0.6 is 0 Å². The summed E-state index contributed by atoms with van der Waals surface area (Å²) in [6.07, 6.45) is 6.34. The molecule has 1 spiro atoms. The Labute approximate surface area is 317 Å². The molecule has 2 aliphatic carbocycles. The van der Waals surface area contributed by atoms with Gasteiger partial charge in [0, 0.05) is 22.1 Å². The van der Waals surface area contributed by atoms with Crippen molar-refractivity contribution in [2.75, 3.05) is 0 Å². The van der Waals surface area contributed by atoms with Gasteiger partial charge in [-0.25, -0.2) is 15.0 Å². The van der Waals surface area contributed by atoms with E-state index in [1.807, 2.05) is 60.7 Å². The molecular weight excluding hydrogens is 655 g/mol. The van der Waals surface area contributed by atoms with E-state index in [0.717, 1.165) is 27.8 Å². The van der Waals surface area contributed by atoms with E-state index < -0.39 is 0 Å². The van der Waals surface area contributed by atoms with Crippen molar-refractivity contribution in [3.05, 3.63) is 187 Å². The van der Waals surface area contributed by atoms with Gasteiger partial charge in [0.1, 0.15) is 0 Å². The monoisotopic (exact) mass is 693 g/mol. The Morgan fingerprint density at radius 2 is 0.722 bits per heavy atom. The molecule has 8 aromatic rings. The molecule has 2 aliphatic rings. The molecule has 0 N–H and O–H groups in total. The molecule has 1 saturated carbocycles. The van der Waals surface area contributed by atoms with E-state index in [4.69, 9.17) is 15.0 Å². The van der Waals surface area contributed by atoms with E-state index in [9.17, 15) is 0 Å². The van der Waals surface area contributed by atoms with E-state index in [1.165, 1.54) is 76.6 Å². The molecule has 3 nitrogen and oxygen atoms in total. The van der Waals surface area contributed by atoms with Crippen LogP contribution in [0.25, 0.3) is 78.7 Å². The lowest BCUT2D eigenvalue weighted by Gasteiger charge is -2.37. The summed E-state index contributed by atoms with van der Waals surface area (Å²) in [6, 6.07) is 63.0. The first-order valence-corrected chi connectivity index (χ1v) is 19.2. The molecule has 1 fully saturated rings. The number of rotatable bonds is 6. The highest BCUT2D eigenvalue weighted by molar-refractivity contribution is 5.89. The second-order valence-electron chi connectivity index (χ2n) is 14.7. The predicted molar refractivity (Wildman–Crippen MR) is 222 cm³/mol. The average molecular weight is 694 g/mol. The third-order valence-corrected chi connectivity index (χ3v) is 11.5. The number of benzene rings is 7. The van der Waals surface area contributed by atoms with Crippen molar-refractivity contribution < 1.29 is 0 Å². The summed E-state index contributed by atoms with van der Waals surface area (Å²) >= 11 is 0. The van der Waals surface area contributed by atoms with Crippen molar-refractivity contribution in [3.63, 3.8) is 0 Å². The molecule has 0 unspecified atom stereocenters. The lowest BCUT2D eigenvalue weighted by atomic mass is 9.66. The number of hydrogen-bond acceptors (Lipinski definition) is 3. The fraction of sp³-hybridized carbons (Fsp3) is 0.118. The zero-order valence-electron chi connectivity index (χ0n) is 30.1. The molecular formula is C51H39N3. The van der Waals surface area contributed by atoms with Gasteiger partial charge in [-0.2, -0.15) is 0 Å². The molecule has 0 amide bonds. The van der Waals surface area contributed by atoms with Gasteiger partial charge in [-0.15, -0.1) is 0 Å². The molecule has 0 bridgehead atoms. The molecule has 3 heteroatoms. The summed E-state index contributed by atoms with van der Waals surface area (Å²) in [6.45, 7) is 0. The van der Waals surface area contributed by atoms with Crippen LogP contribution in [0.4, 0.5) is 0 Å². The number of fused-ring (bicyclic) bond motifs is 5. The SMILES string of the molecule is c1ccc(-c2nc(-c3ccccc3)nc(-c3cccc(-c4cccc(-c5cccc(-c6cccc7c6C6(CCCCC6)c6ccccc6-7)c5)c4)c3)n2)cc1. The van der Waals surface area contributed by atoms with Gasteiger partial charge in [-0.1, -0.05) is 177 Å². The maximum atomic E-state index is 4.99. The van der Waals surface area contributed by atoms with Gasteiger partial charge in [-0.3, -0.25) is 0 Å². The van der Waals surface area contributed by atoms with E-state index in [1.54, 1.807) is 0 Å². The van der Waals surface area contributed by atoms with Crippen molar-refractivity contribution in [1.29, 1.82) is 0 Å². The van der Waals surface area contributed by atoms with Crippen molar-refractivity contribution >= 4 is 0 Å². The van der Waals surface area contributed by atoms with Crippen LogP contribution in [0.2, 0.25) is 0 Å². The Balaban J connectivity index is 1.02. The minimum atomic E-state index is 0.101. The van der Waals surface area contributed by atoms with Gasteiger partial charge in [0.15, 0.2) is 17.5 Å². The van der Waals surface area contributed by atoms with Crippen molar-refractivity contribution in [1.82, 2.24) is 15.0 Å². The van der Waals surface area contributed by atoms with Gasteiger partial charge < -0.3 is 0 Å². The summed E-state index contributed by atoms with van der Waals surface area (Å²) in [5.74, 6) is 1.98. The van der Waals surface area contributed by atoms with E-state index in [0.29, 0.717) is 17.5 Å². The lowest BCUT2D eigenvalue weighted by molar-refractivity contribution is 0.353. The highest BCUT2D eigenvalue weighted by Gasteiger charge is 2.45. The van der Waals surface area contributed by atoms with E-state index in [-0.39, 0.29) is 5.41 Å². The lowest BCUT2D eigenvalue weighted by Crippen LogP contribution is -2.28. The Kier molecular flexibility index (Phi) is 8.06. The molecule has 10 rings (SSSR count). The van der Waals surface area contributed by atoms with Crippen LogP contribution in [-0.2, 0) is 5.41 Å². The Morgan fingerprint density at radius 1 is 0.315 bits per heavy atom. The summed E-state index contributed by atoms with van der Waals surface area (Å²) in [7, 11) is 0. The molecule has 7 aromatic carbocycles. The molecule has 1 aromatic heterocycles.